The summed E-state index contributed by atoms with van der Waals surface area (Å²) in [6, 6.07) is 2.97. The minimum atomic E-state index is -1.20. The minimum Gasteiger partial charge on any atom is -0.464 e. The first-order chi connectivity index (χ1) is 13.2. The van der Waals surface area contributed by atoms with Gasteiger partial charge in [0.05, 0.1) is 18.1 Å². The maximum absolute atomic E-state index is 10.7. The Balaban J connectivity index is 1.90. The number of hydrogen-bond acceptors (Lipinski definition) is 6. The summed E-state index contributed by atoms with van der Waals surface area (Å²) >= 11 is 0. The van der Waals surface area contributed by atoms with Crippen molar-refractivity contribution in [3.8, 4) is 11.3 Å². The molecule has 0 fully saturated rings. The summed E-state index contributed by atoms with van der Waals surface area (Å²) in [5, 5.41) is 13.0. The molecule has 0 aliphatic rings. The number of anilines is 1. The molecule has 3 aromatic rings. The smallest absolute Gasteiger partial charge is 0.423 e. The number of carboxylic acid groups (broad SMARTS) is 1. The quantitative estimate of drug-likeness (QED) is 0.300. The van der Waals surface area contributed by atoms with Crippen LogP contribution in [0.15, 0.2) is 24.7 Å². The molecule has 0 unspecified atom stereocenters. The third kappa shape index (κ3) is 4.87. The zero-order chi connectivity index (χ0) is 20.3. The van der Waals surface area contributed by atoms with Gasteiger partial charge in [0.2, 0.25) is 0 Å². The molecule has 11 heteroatoms. The van der Waals surface area contributed by atoms with Crippen LogP contribution in [-0.4, -0.2) is 50.2 Å². The fraction of sp³-hybridized carbons (Fsp3) is 0.412. The Labute approximate surface area is 163 Å². The van der Waals surface area contributed by atoms with Crippen LogP contribution in [0.4, 0.5) is 10.6 Å². The Bertz CT molecular complexity index is 977. The van der Waals surface area contributed by atoms with E-state index in [0.29, 0.717) is 30.3 Å². The van der Waals surface area contributed by atoms with E-state index in [1.807, 2.05) is 23.9 Å². The topological polar surface area (TPSA) is 119 Å². The normalized spacial score (nSPS) is 11.7. The van der Waals surface area contributed by atoms with Crippen LogP contribution in [0.25, 0.3) is 22.4 Å². The van der Waals surface area contributed by atoms with E-state index in [1.54, 1.807) is 10.9 Å². The molecule has 0 aliphatic heterocycles. The number of aryl methyl sites for hydroxylation is 1. The van der Waals surface area contributed by atoms with Gasteiger partial charge in [0.1, 0.15) is 12.2 Å². The summed E-state index contributed by atoms with van der Waals surface area (Å²) < 4.78 is 9.62. The predicted molar refractivity (Wildman–Crippen MR) is 109 cm³/mol. The largest absolute Gasteiger partial charge is 0.464 e. The summed E-state index contributed by atoms with van der Waals surface area (Å²) in [6.45, 7) is 7.99. The van der Waals surface area contributed by atoms with Gasteiger partial charge in [-0.2, -0.15) is 5.10 Å². The average molecular weight is 404 g/mol. The van der Waals surface area contributed by atoms with Crippen LogP contribution in [0.2, 0.25) is 25.7 Å². The van der Waals surface area contributed by atoms with Gasteiger partial charge < -0.3 is 9.84 Å². The number of fused-ring (bicyclic) bond motifs is 1. The number of carbonyl (C=O) groups is 1. The van der Waals surface area contributed by atoms with Crippen molar-refractivity contribution in [1.29, 1.82) is 0 Å². The maximum atomic E-state index is 10.7. The van der Waals surface area contributed by atoms with Gasteiger partial charge in [-0.25, -0.2) is 20.2 Å². The van der Waals surface area contributed by atoms with E-state index >= 15 is 0 Å². The number of amides is 1. The number of rotatable bonds is 8. The van der Waals surface area contributed by atoms with Crippen LogP contribution in [0.3, 0.4) is 0 Å². The Morgan fingerprint density at radius 1 is 1.32 bits per heavy atom. The Hall–Kier alpha value is -2.92. The summed E-state index contributed by atoms with van der Waals surface area (Å²) in [4.78, 5) is 19.5. The molecule has 3 N–H and O–H groups in total. The zero-order valence-corrected chi connectivity index (χ0v) is 17.4. The second kappa shape index (κ2) is 7.98. The van der Waals surface area contributed by atoms with E-state index in [-0.39, 0.29) is 0 Å². The highest BCUT2D eigenvalue weighted by atomic mass is 28.3. The van der Waals surface area contributed by atoms with Crippen LogP contribution in [0.1, 0.15) is 0 Å². The molecular weight excluding hydrogens is 378 g/mol. The molecule has 0 saturated carbocycles. The lowest BCUT2D eigenvalue weighted by Crippen LogP contribution is -2.27. The van der Waals surface area contributed by atoms with Crippen LogP contribution < -0.4 is 10.9 Å². The van der Waals surface area contributed by atoms with Gasteiger partial charge >= 0.3 is 6.09 Å². The van der Waals surface area contributed by atoms with Gasteiger partial charge in [0.15, 0.2) is 11.5 Å². The van der Waals surface area contributed by atoms with E-state index in [1.165, 1.54) is 6.20 Å². The molecule has 10 nitrogen and oxygen atoms in total. The molecule has 3 heterocycles. The van der Waals surface area contributed by atoms with E-state index in [9.17, 15) is 4.79 Å². The zero-order valence-electron chi connectivity index (χ0n) is 16.4. The SMILES string of the molecule is Cn1cc(-c2cc3nc(NNC(=O)O)cnc3n2COCC[Si](C)(C)C)cn1. The monoisotopic (exact) mass is 403 g/mol. The Kier molecular flexibility index (Phi) is 5.65. The molecule has 3 aromatic heterocycles. The molecule has 0 spiro atoms. The minimum absolute atomic E-state index is 0.310. The lowest BCUT2D eigenvalue weighted by molar-refractivity contribution is 0.0909. The molecule has 0 aliphatic carbocycles. The molecule has 0 radical (unpaired) electrons. The standard InChI is InChI=1S/C17H25N7O3Si/c1-23-10-12(8-19-23)14-7-13-16(18-9-15(20-13)21-22-17(25)26)24(14)11-27-5-6-28(2,3)4/h7-10,22H,5-6,11H2,1-4H3,(H,20,21)(H,25,26). The highest BCUT2D eigenvalue weighted by molar-refractivity contribution is 6.76. The Morgan fingerprint density at radius 2 is 2.11 bits per heavy atom. The van der Waals surface area contributed by atoms with Gasteiger partial charge in [0, 0.05) is 33.5 Å². The number of hydrogen-bond donors (Lipinski definition) is 3. The van der Waals surface area contributed by atoms with Gasteiger partial charge in [-0.3, -0.25) is 14.7 Å². The van der Waals surface area contributed by atoms with Crippen molar-refractivity contribution in [3.63, 3.8) is 0 Å². The van der Waals surface area contributed by atoms with Crippen molar-refractivity contribution in [3.05, 3.63) is 24.7 Å². The molecule has 0 saturated heterocycles. The number of aromatic nitrogens is 5. The first kappa shape index (κ1) is 19.8. The van der Waals surface area contributed by atoms with Crippen molar-refractivity contribution in [2.24, 2.45) is 7.05 Å². The molecule has 0 bridgehead atoms. The van der Waals surface area contributed by atoms with E-state index in [2.05, 4.69) is 45.6 Å². The molecule has 150 valence electrons. The van der Waals surface area contributed by atoms with Crippen molar-refractivity contribution < 1.29 is 14.6 Å². The van der Waals surface area contributed by atoms with E-state index < -0.39 is 14.2 Å². The van der Waals surface area contributed by atoms with Crippen molar-refractivity contribution in [1.82, 2.24) is 29.7 Å². The summed E-state index contributed by atoms with van der Waals surface area (Å²) in [5.41, 5.74) is 7.67. The lowest BCUT2D eigenvalue weighted by Gasteiger charge is -2.16. The third-order valence-electron chi connectivity index (χ3n) is 4.11. The number of hydrazine groups is 1. The number of nitrogens with one attached hydrogen (secondary N) is 2. The molecular formula is C17H25N7O3Si. The highest BCUT2D eigenvalue weighted by Gasteiger charge is 2.16. The van der Waals surface area contributed by atoms with Gasteiger partial charge in [-0.1, -0.05) is 19.6 Å². The van der Waals surface area contributed by atoms with Crippen molar-refractivity contribution in [2.45, 2.75) is 32.4 Å². The van der Waals surface area contributed by atoms with Gasteiger partial charge in [0.25, 0.3) is 0 Å². The number of nitrogens with zero attached hydrogens (tertiary/aromatic N) is 5. The maximum Gasteiger partial charge on any atom is 0.423 e. The molecule has 1 amide bonds. The Morgan fingerprint density at radius 3 is 2.75 bits per heavy atom. The van der Waals surface area contributed by atoms with Crippen LogP contribution >= 0.6 is 0 Å². The highest BCUT2D eigenvalue weighted by Crippen LogP contribution is 2.27. The fourth-order valence-electron chi connectivity index (χ4n) is 2.66. The molecule has 3 rings (SSSR count). The van der Waals surface area contributed by atoms with Crippen LogP contribution in [0, 0.1) is 0 Å². The fourth-order valence-corrected chi connectivity index (χ4v) is 3.42. The van der Waals surface area contributed by atoms with Crippen LogP contribution in [0.5, 0.6) is 0 Å². The second-order valence-corrected chi connectivity index (χ2v) is 13.3. The van der Waals surface area contributed by atoms with Gasteiger partial charge in [-0.05, 0) is 12.1 Å². The van der Waals surface area contributed by atoms with E-state index in [4.69, 9.17) is 9.84 Å². The predicted octanol–water partition coefficient (Wildman–Crippen LogP) is 2.74. The molecule has 0 aromatic carbocycles. The summed E-state index contributed by atoms with van der Waals surface area (Å²) in [6.07, 6.45) is 3.96. The summed E-state index contributed by atoms with van der Waals surface area (Å²) in [7, 11) is 0.686. The number of ether oxygens (including phenoxy) is 1. The van der Waals surface area contributed by atoms with Crippen LogP contribution in [-0.2, 0) is 18.5 Å². The summed E-state index contributed by atoms with van der Waals surface area (Å²) in [5.74, 6) is 0.310. The second-order valence-electron chi connectivity index (χ2n) is 7.73. The first-order valence-corrected chi connectivity index (χ1v) is 12.6. The third-order valence-corrected chi connectivity index (χ3v) is 5.82. The average Bonchev–Trinajstić information content (AvgIpc) is 3.19. The molecule has 0 atom stereocenters. The van der Waals surface area contributed by atoms with E-state index in [0.717, 1.165) is 17.3 Å². The lowest BCUT2D eigenvalue weighted by atomic mass is 10.2. The first-order valence-electron chi connectivity index (χ1n) is 8.91. The molecule has 28 heavy (non-hydrogen) atoms. The van der Waals surface area contributed by atoms with Gasteiger partial charge in [-0.15, -0.1) is 0 Å². The van der Waals surface area contributed by atoms with Crippen molar-refractivity contribution >= 4 is 31.1 Å². The van der Waals surface area contributed by atoms with Crippen molar-refractivity contribution in [2.75, 3.05) is 12.0 Å².